The molecule has 0 aromatic heterocycles. The number of fused-ring (bicyclic) bond motifs is 3. The molecule has 0 fully saturated rings. The zero-order valence-electron chi connectivity index (χ0n) is 7.68. The van der Waals surface area contributed by atoms with Gasteiger partial charge in [0.1, 0.15) is 0 Å². The summed E-state index contributed by atoms with van der Waals surface area (Å²) >= 11 is 1.89. The van der Waals surface area contributed by atoms with Crippen molar-refractivity contribution in [3.8, 4) is 0 Å². The minimum Gasteiger partial charge on any atom is -0.121 e. The molecule has 0 spiro atoms. The van der Waals surface area contributed by atoms with Crippen molar-refractivity contribution in [3.05, 3.63) is 64.6 Å². The highest BCUT2D eigenvalue weighted by atomic mass is 32.2. The van der Waals surface area contributed by atoms with Gasteiger partial charge >= 0.3 is 0 Å². The minimum absolute atomic E-state index is 0.515. The second-order valence-electron chi connectivity index (χ2n) is 3.47. The van der Waals surface area contributed by atoms with Crippen LogP contribution in [0.4, 0.5) is 0 Å². The Hall–Kier alpha value is -1.21. The first-order valence-electron chi connectivity index (χ1n) is 4.74. The molecule has 3 rings (SSSR count). The zero-order chi connectivity index (χ0) is 9.38. The third-order valence-electron chi connectivity index (χ3n) is 2.62. The molecule has 0 N–H and O–H groups in total. The molecule has 1 atom stereocenters. The Morgan fingerprint density at radius 1 is 1.07 bits per heavy atom. The Bertz CT molecular complexity index is 452. The van der Waals surface area contributed by atoms with Crippen molar-refractivity contribution < 1.29 is 0 Å². The first-order chi connectivity index (χ1) is 6.95. The highest BCUT2D eigenvalue weighted by molar-refractivity contribution is 8.02. The molecule has 0 saturated carbocycles. The lowest BCUT2D eigenvalue weighted by Gasteiger charge is -2.12. The lowest BCUT2D eigenvalue weighted by Crippen LogP contribution is -1.93. The van der Waals surface area contributed by atoms with Crippen molar-refractivity contribution in [1.82, 2.24) is 0 Å². The van der Waals surface area contributed by atoms with E-state index in [2.05, 4.69) is 54.0 Å². The van der Waals surface area contributed by atoms with E-state index in [0.29, 0.717) is 5.25 Å². The smallest absolute Gasteiger partial charge is 0.0593 e. The van der Waals surface area contributed by atoms with E-state index in [4.69, 9.17) is 0 Å². The van der Waals surface area contributed by atoms with E-state index in [1.54, 1.807) is 0 Å². The lowest BCUT2D eigenvalue weighted by molar-refractivity contribution is 1.18. The molecule has 68 valence electrons. The summed E-state index contributed by atoms with van der Waals surface area (Å²) in [5.41, 5.74) is 4.19. The van der Waals surface area contributed by atoms with E-state index >= 15 is 0 Å². The maximum Gasteiger partial charge on any atom is 0.0593 e. The van der Waals surface area contributed by atoms with Crippen LogP contribution in [0.25, 0.3) is 6.08 Å². The van der Waals surface area contributed by atoms with Gasteiger partial charge in [0.15, 0.2) is 0 Å². The number of hydrogen-bond donors (Lipinski definition) is 0. The summed E-state index contributed by atoms with van der Waals surface area (Å²) in [5.74, 6) is 0. The normalized spacial score (nSPS) is 22.6. The Morgan fingerprint density at radius 2 is 2.00 bits per heavy atom. The van der Waals surface area contributed by atoms with Crippen LogP contribution in [0, 0.1) is 0 Å². The van der Waals surface area contributed by atoms with Gasteiger partial charge in [-0.3, -0.25) is 0 Å². The molecule has 1 aliphatic carbocycles. The first-order valence-corrected chi connectivity index (χ1v) is 5.68. The number of thioether (sulfide) groups is 1. The summed E-state index contributed by atoms with van der Waals surface area (Å²) in [6.45, 7) is 0. The van der Waals surface area contributed by atoms with Crippen LogP contribution in [0.15, 0.2) is 53.5 Å². The summed E-state index contributed by atoms with van der Waals surface area (Å²) < 4.78 is 0. The van der Waals surface area contributed by atoms with Gasteiger partial charge in [0.25, 0.3) is 0 Å². The second kappa shape index (κ2) is 3.18. The van der Waals surface area contributed by atoms with Gasteiger partial charge in [-0.1, -0.05) is 48.6 Å². The van der Waals surface area contributed by atoms with E-state index in [1.807, 2.05) is 11.8 Å². The van der Waals surface area contributed by atoms with Gasteiger partial charge in [-0.05, 0) is 22.1 Å². The van der Waals surface area contributed by atoms with E-state index < -0.39 is 0 Å². The van der Waals surface area contributed by atoms with Gasteiger partial charge in [-0.2, -0.15) is 0 Å². The van der Waals surface area contributed by atoms with Crippen LogP contribution in [-0.4, -0.2) is 0 Å². The van der Waals surface area contributed by atoms with Gasteiger partial charge < -0.3 is 0 Å². The van der Waals surface area contributed by atoms with Gasteiger partial charge in [-0.25, -0.2) is 0 Å². The molecule has 0 bridgehead atoms. The van der Waals surface area contributed by atoms with Crippen molar-refractivity contribution in [2.24, 2.45) is 0 Å². The lowest BCUT2D eigenvalue weighted by atomic mass is 10.0. The first kappa shape index (κ1) is 8.13. The maximum absolute atomic E-state index is 2.23. The van der Waals surface area contributed by atoms with Crippen molar-refractivity contribution >= 4 is 17.8 Å². The van der Waals surface area contributed by atoms with Gasteiger partial charge in [-0.15, -0.1) is 11.8 Å². The van der Waals surface area contributed by atoms with E-state index in [9.17, 15) is 0 Å². The molecule has 1 aliphatic heterocycles. The number of rotatable bonds is 0. The number of allylic oxidation sites excluding steroid dienone is 3. The van der Waals surface area contributed by atoms with Gasteiger partial charge in [0.05, 0.1) is 5.25 Å². The summed E-state index contributed by atoms with van der Waals surface area (Å²) in [5, 5.41) is 2.70. The molecule has 1 heteroatoms. The van der Waals surface area contributed by atoms with Crippen LogP contribution in [0.2, 0.25) is 0 Å². The molecule has 1 aromatic rings. The molecule has 1 heterocycles. The van der Waals surface area contributed by atoms with Crippen LogP contribution in [0.1, 0.15) is 16.4 Å². The minimum atomic E-state index is 0.515. The monoisotopic (exact) mass is 198 g/mol. The fraction of sp³-hybridized carbons (Fsp3) is 0.0769. The third-order valence-corrected chi connectivity index (χ3v) is 3.71. The molecular formula is C13H10S. The number of benzene rings is 1. The van der Waals surface area contributed by atoms with Crippen molar-refractivity contribution in [2.75, 3.05) is 0 Å². The summed E-state index contributed by atoms with van der Waals surface area (Å²) in [6.07, 6.45) is 8.75. The topological polar surface area (TPSA) is 0 Å². The highest BCUT2D eigenvalue weighted by Crippen LogP contribution is 2.44. The Balaban J connectivity index is 2.20. The number of hydrogen-bond acceptors (Lipinski definition) is 1. The molecule has 1 unspecified atom stereocenters. The summed E-state index contributed by atoms with van der Waals surface area (Å²) in [7, 11) is 0. The average molecular weight is 198 g/mol. The van der Waals surface area contributed by atoms with Gasteiger partial charge in [0, 0.05) is 0 Å². The molecule has 1 aromatic carbocycles. The van der Waals surface area contributed by atoms with Crippen LogP contribution < -0.4 is 0 Å². The van der Waals surface area contributed by atoms with Crippen LogP contribution in [0.5, 0.6) is 0 Å². The SMILES string of the molecule is C1=Cc2ccccc2C2SC=CC2=C1. The highest BCUT2D eigenvalue weighted by Gasteiger charge is 2.21. The van der Waals surface area contributed by atoms with E-state index in [0.717, 1.165) is 0 Å². The van der Waals surface area contributed by atoms with Crippen LogP contribution in [0.3, 0.4) is 0 Å². The Labute approximate surface area is 88.0 Å². The summed E-state index contributed by atoms with van der Waals surface area (Å²) in [6, 6.07) is 8.63. The summed E-state index contributed by atoms with van der Waals surface area (Å²) in [4.78, 5) is 0. The van der Waals surface area contributed by atoms with Crippen molar-refractivity contribution in [3.63, 3.8) is 0 Å². The van der Waals surface area contributed by atoms with Crippen molar-refractivity contribution in [2.45, 2.75) is 5.25 Å². The zero-order valence-corrected chi connectivity index (χ0v) is 8.50. The predicted molar refractivity (Wildman–Crippen MR) is 63.0 cm³/mol. The molecule has 2 aliphatic rings. The molecule has 0 radical (unpaired) electrons. The van der Waals surface area contributed by atoms with Crippen LogP contribution >= 0.6 is 11.8 Å². The van der Waals surface area contributed by atoms with Crippen LogP contribution in [-0.2, 0) is 0 Å². The Kier molecular flexibility index (Phi) is 1.84. The molecular weight excluding hydrogens is 188 g/mol. The van der Waals surface area contributed by atoms with Gasteiger partial charge in [0.2, 0.25) is 0 Å². The van der Waals surface area contributed by atoms with Crippen molar-refractivity contribution in [1.29, 1.82) is 0 Å². The largest absolute Gasteiger partial charge is 0.121 e. The van der Waals surface area contributed by atoms with E-state index in [-0.39, 0.29) is 0 Å². The molecule has 14 heavy (non-hydrogen) atoms. The van der Waals surface area contributed by atoms with E-state index in [1.165, 1.54) is 16.7 Å². The Morgan fingerprint density at radius 3 is 3.00 bits per heavy atom. The second-order valence-corrected chi connectivity index (χ2v) is 4.49. The maximum atomic E-state index is 2.23. The fourth-order valence-corrected chi connectivity index (χ4v) is 2.99. The third kappa shape index (κ3) is 1.17. The molecule has 0 amide bonds. The predicted octanol–water partition coefficient (Wildman–Crippen LogP) is 3.94. The fourth-order valence-electron chi connectivity index (χ4n) is 1.92. The standard InChI is InChI=1S/C13H10S/c1-2-7-12-10(4-1)5-3-6-11-8-9-14-13(11)12/h1-9,13H. The quantitative estimate of drug-likeness (QED) is 0.608. The average Bonchev–Trinajstić information content (AvgIpc) is 2.61. The molecule has 0 saturated heterocycles. The molecule has 0 nitrogen and oxygen atoms in total.